The Hall–Kier alpha value is -1.73. The van der Waals surface area contributed by atoms with Crippen LogP contribution in [0.15, 0.2) is 47.6 Å². The van der Waals surface area contributed by atoms with Crippen molar-refractivity contribution in [1.29, 1.82) is 0 Å². The van der Waals surface area contributed by atoms with Gasteiger partial charge in [-0.15, -0.1) is 10.2 Å². The molecule has 9 heteroatoms. The molecule has 1 heterocycles. The van der Waals surface area contributed by atoms with E-state index in [1.165, 1.54) is 11.8 Å². The Bertz CT molecular complexity index is 957. The van der Waals surface area contributed by atoms with E-state index in [2.05, 4.69) is 15.5 Å². The Labute approximate surface area is 176 Å². The number of carbonyl (C=O) groups is 1. The maximum atomic E-state index is 12.3. The maximum absolute atomic E-state index is 12.3. The van der Waals surface area contributed by atoms with Crippen molar-refractivity contribution >= 4 is 58.2 Å². The lowest BCUT2D eigenvalue weighted by molar-refractivity contribution is -0.113. The predicted octanol–water partition coefficient (Wildman–Crippen LogP) is 5.66. The lowest BCUT2D eigenvalue weighted by Crippen LogP contribution is -2.15. The van der Waals surface area contributed by atoms with Crippen LogP contribution in [0.25, 0.3) is 11.4 Å². The molecule has 0 aliphatic rings. The van der Waals surface area contributed by atoms with Crippen molar-refractivity contribution in [3.63, 3.8) is 0 Å². The van der Waals surface area contributed by atoms with Gasteiger partial charge >= 0.3 is 0 Å². The first-order chi connectivity index (χ1) is 13.0. The first-order valence-electron chi connectivity index (χ1n) is 8.06. The average Bonchev–Trinajstić information content (AvgIpc) is 3.06. The van der Waals surface area contributed by atoms with Crippen molar-refractivity contribution in [2.75, 3.05) is 11.1 Å². The average molecular weight is 442 g/mol. The highest BCUT2D eigenvalue weighted by Gasteiger charge is 2.17. The SMILES string of the molecule is CCn1c(SCC(=O)Nc2c(Cl)cccc2Cl)nnc1-c1ccccc1Cl. The number of nitrogens with zero attached hydrogens (tertiary/aromatic N) is 3. The molecule has 0 fully saturated rings. The fourth-order valence-corrected chi connectivity index (χ4v) is 3.96. The smallest absolute Gasteiger partial charge is 0.234 e. The highest BCUT2D eigenvalue weighted by atomic mass is 35.5. The summed E-state index contributed by atoms with van der Waals surface area (Å²) in [6, 6.07) is 12.5. The molecule has 0 unspecified atom stereocenters. The second-order valence-corrected chi connectivity index (χ2v) is 7.63. The summed E-state index contributed by atoms with van der Waals surface area (Å²) < 4.78 is 1.92. The van der Waals surface area contributed by atoms with E-state index in [-0.39, 0.29) is 11.7 Å². The number of carbonyl (C=O) groups excluding carboxylic acids is 1. The minimum absolute atomic E-state index is 0.141. The zero-order chi connectivity index (χ0) is 19.4. The second-order valence-electron chi connectivity index (χ2n) is 5.46. The molecular weight excluding hydrogens is 427 g/mol. The van der Waals surface area contributed by atoms with Crippen LogP contribution in [0.3, 0.4) is 0 Å². The van der Waals surface area contributed by atoms with Gasteiger partial charge in [-0.2, -0.15) is 0 Å². The van der Waals surface area contributed by atoms with Gasteiger partial charge in [0.25, 0.3) is 0 Å². The van der Waals surface area contributed by atoms with E-state index in [4.69, 9.17) is 34.8 Å². The van der Waals surface area contributed by atoms with Gasteiger partial charge in [-0.1, -0.05) is 64.8 Å². The molecule has 0 aliphatic carbocycles. The number of halogens is 3. The zero-order valence-corrected chi connectivity index (χ0v) is 17.3. The Morgan fingerprint density at radius 3 is 2.37 bits per heavy atom. The van der Waals surface area contributed by atoms with Crippen LogP contribution in [0.1, 0.15) is 6.92 Å². The fourth-order valence-electron chi connectivity index (χ4n) is 2.45. The molecule has 2 aromatic carbocycles. The van der Waals surface area contributed by atoms with E-state index >= 15 is 0 Å². The fraction of sp³-hybridized carbons (Fsp3) is 0.167. The number of benzene rings is 2. The van der Waals surface area contributed by atoms with Gasteiger partial charge in [0.15, 0.2) is 11.0 Å². The third kappa shape index (κ3) is 4.58. The number of amides is 1. The summed E-state index contributed by atoms with van der Waals surface area (Å²) in [6.45, 7) is 2.63. The van der Waals surface area contributed by atoms with E-state index in [9.17, 15) is 4.79 Å². The minimum atomic E-state index is -0.236. The molecule has 0 radical (unpaired) electrons. The van der Waals surface area contributed by atoms with Gasteiger partial charge in [0.05, 0.1) is 26.5 Å². The van der Waals surface area contributed by atoms with Gasteiger partial charge in [0.2, 0.25) is 5.91 Å². The lowest BCUT2D eigenvalue weighted by atomic mass is 10.2. The van der Waals surface area contributed by atoms with Crippen LogP contribution in [0, 0.1) is 0 Å². The second kappa shape index (κ2) is 8.97. The molecule has 140 valence electrons. The summed E-state index contributed by atoms with van der Waals surface area (Å²) >= 11 is 19.7. The number of hydrogen-bond acceptors (Lipinski definition) is 4. The third-order valence-corrected chi connectivity index (χ3v) is 5.63. The first kappa shape index (κ1) is 20.0. The molecule has 1 N–H and O–H groups in total. The highest BCUT2D eigenvalue weighted by Crippen LogP contribution is 2.31. The van der Waals surface area contributed by atoms with Crippen LogP contribution in [0.5, 0.6) is 0 Å². The van der Waals surface area contributed by atoms with Gasteiger partial charge in [-0.05, 0) is 31.2 Å². The molecule has 1 amide bonds. The number of anilines is 1. The third-order valence-electron chi connectivity index (χ3n) is 3.71. The monoisotopic (exact) mass is 440 g/mol. The summed E-state index contributed by atoms with van der Waals surface area (Å²) in [4.78, 5) is 12.3. The van der Waals surface area contributed by atoms with Crippen LogP contribution in [0.4, 0.5) is 5.69 Å². The Morgan fingerprint density at radius 2 is 1.70 bits per heavy atom. The highest BCUT2D eigenvalue weighted by molar-refractivity contribution is 7.99. The molecule has 3 aromatic rings. The van der Waals surface area contributed by atoms with E-state index in [0.717, 1.165) is 5.56 Å². The van der Waals surface area contributed by atoms with E-state index < -0.39 is 0 Å². The zero-order valence-electron chi connectivity index (χ0n) is 14.2. The molecule has 0 bridgehead atoms. The quantitative estimate of drug-likeness (QED) is 0.502. The number of rotatable bonds is 6. The molecule has 5 nitrogen and oxygen atoms in total. The molecule has 3 rings (SSSR count). The molecule has 0 saturated carbocycles. The number of aromatic nitrogens is 3. The molecular formula is C18H15Cl3N4OS. The molecule has 0 atom stereocenters. The van der Waals surface area contributed by atoms with Crippen molar-refractivity contribution in [2.24, 2.45) is 0 Å². The Morgan fingerprint density at radius 1 is 1.04 bits per heavy atom. The normalized spacial score (nSPS) is 10.8. The van der Waals surface area contributed by atoms with Crippen LogP contribution >= 0.6 is 46.6 Å². The summed E-state index contributed by atoms with van der Waals surface area (Å²) in [7, 11) is 0. The summed E-state index contributed by atoms with van der Waals surface area (Å²) in [6.07, 6.45) is 0. The summed E-state index contributed by atoms with van der Waals surface area (Å²) in [5.74, 6) is 0.572. The minimum Gasteiger partial charge on any atom is -0.323 e. The number of hydrogen-bond donors (Lipinski definition) is 1. The van der Waals surface area contributed by atoms with Gasteiger partial charge < -0.3 is 9.88 Å². The van der Waals surface area contributed by atoms with E-state index in [1.807, 2.05) is 29.7 Å². The van der Waals surface area contributed by atoms with Crippen molar-refractivity contribution in [3.05, 3.63) is 57.5 Å². The van der Waals surface area contributed by atoms with Crippen LogP contribution in [-0.4, -0.2) is 26.4 Å². The number of para-hydroxylation sites is 1. The van der Waals surface area contributed by atoms with E-state index in [0.29, 0.717) is 38.3 Å². The van der Waals surface area contributed by atoms with Crippen LogP contribution in [0.2, 0.25) is 15.1 Å². The van der Waals surface area contributed by atoms with Crippen LogP contribution in [-0.2, 0) is 11.3 Å². The van der Waals surface area contributed by atoms with Crippen molar-refractivity contribution in [3.8, 4) is 11.4 Å². The van der Waals surface area contributed by atoms with Gasteiger partial charge in [0.1, 0.15) is 0 Å². The van der Waals surface area contributed by atoms with Gasteiger partial charge in [-0.25, -0.2) is 0 Å². The van der Waals surface area contributed by atoms with Crippen molar-refractivity contribution in [2.45, 2.75) is 18.6 Å². The van der Waals surface area contributed by atoms with Crippen molar-refractivity contribution < 1.29 is 4.79 Å². The number of thioether (sulfide) groups is 1. The van der Waals surface area contributed by atoms with Crippen molar-refractivity contribution in [1.82, 2.24) is 14.8 Å². The summed E-state index contributed by atoms with van der Waals surface area (Å²) in [5, 5.41) is 13.2. The van der Waals surface area contributed by atoms with Gasteiger partial charge in [-0.3, -0.25) is 4.79 Å². The molecule has 0 aliphatic heterocycles. The van der Waals surface area contributed by atoms with E-state index in [1.54, 1.807) is 24.3 Å². The molecule has 0 spiro atoms. The Balaban J connectivity index is 1.73. The standard InChI is InChI=1S/C18H15Cl3N4OS/c1-2-25-17(11-6-3-4-7-12(11)19)23-24-18(25)27-10-15(26)22-16-13(20)8-5-9-14(16)21/h3-9H,2,10H2,1H3,(H,22,26). The number of nitrogens with one attached hydrogen (secondary N) is 1. The van der Waals surface area contributed by atoms with Crippen LogP contribution < -0.4 is 5.32 Å². The Kier molecular flexibility index (Phi) is 6.65. The summed E-state index contributed by atoms with van der Waals surface area (Å²) in [5.41, 5.74) is 1.20. The first-order valence-corrected chi connectivity index (χ1v) is 10.2. The van der Waals surface area contributed by atoms with Gasteiger partial charge in [0, 0.05) is 12.1 Å². The molecule has 1 aromatic heterocycles. The lowest BCUT2D eigenvalue weighted by Gasteiger charge is -2.10. The largest absolute Gasteiger partial charge is 0.323 e. The molecule has 27 heavy (non-hydrogen) atoms. The molecule has 0 saturated heterocycles. The predicted molar refractivity (Wildman–Crippen MR) is 112 cm³/mol. The topological polar surface area (TPSA) is 59.8 Å². The maximum Gasteiger partial charge on any atom is 0.234 e.